The second kappa shape index (κ2) is 7.64. The Bertz CT molecular complexity index is 553. The molecular weight excluding hydrogens is 299 g/mol. The van der Waals surface area contributed by atoms with Gasteiger partial charge < -0.3 is 19.7 Å². The van der Waals surface area contributed by atoms with E-state index in [0.717, 1.165) is 6.42 Å². The Kier molecular flexibility index (Phi) is 5.82. The molecule has 0 bridgehead atoms. The van der Waals surface area contributed by atoms with Gasteiger partial charge in [0.1, 0.15) is 0 Å². The normalized spacial score (nSPS) is 22.6. The molecule has 3 atom stereocenters. The number of carbonyl (C=O) groups excluding carboxylic acids is 1. The summed E-state index contributed by atoms with van der Waals surface area (Å²) in [6.07, 6.45) is 0.973. The number of benzene rings is 1. The fourth-order valence-electron chi connectivity index (χ4n) is 2.84. The average Bonchev–Trinajstić information content (AvgIpc) is 2.54. The van der Waals surface area contributed by atoms with Crippen LogP contribution in [0.15, 0.2) is 18.2 Å². The second-order valence-corrected chi connectivity index (χ2v) is 6.05. The third kappa shape index (κ3) is 4.13. The lowest BCUT2D eigenvalue weighted by Gasteiger charge is -2.36. The van der Waals surface area contributed by atoms with Crippen molar-refractivity contribution in [3.05, 3.63) is 29.6 Å². The number of ether oxygens (including phenoxy) is 2. The topological polar surface area (TPSA) is 50.8 Å². The van der Waals surface area contributed by atoms with Crippen LogP contribution in [-0.4, -0.2) is 44.3 Å². The Morgan fingerprint density at radius 2 is 2.17 bits per heavy atom. The van der Waals surface area contributed by atoms with Gasteiger partial charge in [0.25, 0.3) is 0 Å². The fraction of sp³-hybridized carbons (Fsp3) is 0.588. The van der Waals surface area contributed by atoms with E-state index < -0.39 is 5.82 Å². The molecule has 5 nitrogen and oxygen atoms in total. The molecule has 0 unspecified atom stereocenters. The van der Waals surface area contributed by atoms with Crippen LogP contribution in [0, 0.1) is 11.7 Å². The summed E-state index contributed by atoms with van der Waals surface area (Å²) in [6, 6.07) is 4.27. The van der Waals surface area contributed by atoms with Gasteiger partial charge in [-0.05, 0) is 37.0 Å². The third-order valence-corrected chi connectivity index (χ3v) is 4.50. The van der Waals surface area contributed by atoms with Crippen LogP contribution in [0.25, 0.3) is 0 Å². The van der Waals surface area contributed by atoms with Gasteiger partial charge in [-0.2, -0.15) is 0 Å². The number of nitrogens with one attached hydrogen (secondary N) is 1. The first kappa shape index (κ1) is 17.5. The van der Waals surface area contributed by atoms with Gasteiger partial charge in [-0.25, -0.2) is 9.18 Å². The molecule has 2 amide bonds. The monoisotopic (exact) mass is 324 g/mol. The summed E-state index contributed by atoms with van der Waals surface area (Å²) in [5.74, 6) is 0.203. The van der Waals surface area contributed by atoms with E-state index in [1.165, 1.54) is 13.2 Å². The van der Waals surface area contributed by atoms with Crippen LogP contribution in [0.3, 0.4) is 0 Å². The molecule has 0 saturated carbocycles. The molecule has 6 heteroatoms. The number of piperidine rings is 1. The number of likely N-dealkylation sites (tertiary alicyclic amines) is 1. The van der Waals surface area contributed by atoms with Gasteiger partial charge in [0.05, 0.1) is 19.3 Å². The maximum absolute atomic E-state index is 13.8. The van der Waals surface area contributed by atoms with E-state index in [2.05, 4.69) is 12.2 Å². The minimum absolute atomic E-state index is 0.0586. The molecular formula is C17H25FN2O3. The van der Waals surface area contributed by atoms with Gasteiger partial charge in [-0.3, -0.25) is 0 Å². The first-order chi connectivity index (χ1) is 11.0. The van der Waals surface area contributed by atoms with Crippen LogP contribution < -0.4 is 10.1 Å². The van der Waals surface area contributed by atoms with E-state index in [9.17, 15) is 9.18 Å². The Labute approximate surface area is 136 Å². The number of methoxy groups -OCH3 is 2. The summed E-state index contributed by atoms with van der Waals surface area (Å²) in [6.45, 7) is 5.25. The van der Waals surface area contributed by atoms with Crippen molar-refractivity contribution in [1.29, 1.82) is 0 Å². The Hall–Kier alpha value is -1.82. The van der Waals surface area contributed by atoms with E-state index in [0.29, 0.717) is 24.6 Å². The Balaban J connectivity index is 1.98. The summed E-state index contributed by atoms with van der Waals surface area (Å²) in [7, 11) is 3.10. The van der Waals surface area contributed by atoms with Crippen molar-refractivity contribution in [3.63, 3.8) is 0 Å². The zero-order chi connectivity index (χ0) is 17.0. The molecule has 23 heavy (non-hydrogen) atoms. The average molecular weight is 324 g/mol. The van der Waals surface area contributed by atoms with E-state index in [4.69, 9.17) is 9.47 Å². The maximum Gasteiger partial charge on any atom is 0.317 e. The molecule has 1 heterocycles. The molecule has 1 saturated heterocycles. The van der Waals surface area contributed by atoms with Crippen LogP contribution in [0.1, 0.15) is 31.9 Å². The summed E-state index contributed by atoms with van der Waals surface area (Å²) >= 11 is 0. The Morgan fingerprint density at radius 1 is 1.43 bits per heavy atom. The Morgan fingerprint density at radius 3 is 2.78 bits per heavy atom. The predicted octanol–water partition coefficient (Wildman–Crippen LogP) is 2.96. The van der Waals surface area contributed by atoms with Crippen LogP contribution in [-0.2, 0) is 4.74 Å². The quantitative estimate of drug-likeness (QED) is 0.926. The lowest BCUT2D eigenvalue weighted by Crippen LogP contribution is -2.50. The second-order valence-electron chi connectivity index (χ2n) is 6.05. The van der Waals surface area contributed by atoms with Crippen LogP contribution in [0.2, 0.25) is 0 Å². The molecule has 1 aromatic rings. The van der Waals surface area contributed by atoms with Gasteiger partial charge in [-0.15, -0.1) is 0 Å². The lowest BCUT2D eigenvalue weighted by atomic mass is 9.96. The molecule has 1 fully saturated rings. The summed E-state index contributed by atoms with van der Waals surface area (Å²) < 4.78 is 24.1. The van der Waals surface area contributed by atoms with Crippen molar-refractivity contribution in [2.45, 2.75) is 32.4 Å². The standard InChI is InChI=1S/C17H25FN2O3/c1-11-7-8-20(10-16(11)23-4)17(21)19-12(2)13-5-6-15(22-3)14(18)9-13/h5-6,9,11-12,16H,7-8,10H2,1-4H3,(H,19,21)/t11-,12-,16-/m0/s1. The van der Waals surface area contributed by atoms with E-state index in [1.54, 1.807) is 24.1 Å². The number of urea groups is 1. The smallest absolute Gasteiger partial charge is 0.317 e. The van der Waals surface area contributed by atoms with Crippen molar-refractivity contribution in [1.82, 2.24) is 10.2 Å². The molecule has 0 radical (unpaired) electrons. The highest BCUT2D eigenvalue weighted by atomic mass is 19.1. The number of hydrogen-bond donors (Lipinski definition) is 1. The minimum Gasteiger partial charge on any atom is -0.494 e. The molecule has 1 aromatic carbocycles. The van der Waals surface area contributed by atoms with Crippen molar-refractivity contribution < 1.29 is 18.7 Å². The SMILES string of the molecule is COc1ccc([C@H](C)NC(=O)N2CC[C@H](C)[C@@H](OC)C2)cc1F. The highest BCUT2D eigenvalue weighted by Crippen LogP contribution is 2.23. The molecule has 1 N–H and O–H groups in total. The van der Waals surface area contributed by atoms with Gasteiger partial charge in [0.15, 0.2) is 11.6 Å². The first-order valence-corrected chi connectivity index (χ1v) is 7.88. The molecule has 0 spiro atoms. The minimum atomic E-state index is -0.433. The van der Waals surface area contributed by atoms with E-state index in [-0.39, 0.29) is 23.9 Å². The van der Waals surface area contributed by atoms with E-state index >= 15 is 0 Å². The molecule has 0 aliphatic carbocycles. The fourth-order valence-corrected chi connectivity index (χ4v) is 2.84. The number of amides is 2. The van der Waals surface area contributed by atoms with Crippen LogP contribution in [0.4, 0.5) is 9.18 Å². The lowest BCUT2D eigenvalue weighted by molar-refractivity contribution is 0.00689. The van der Waals surface area contributed by atoms with Gasteiger partial charge in [-0.1, -0.05) is 13.0 Å². The molecule has 1 aliphatic heterocycles. The summed E-state index contributed by atoms with van der Waals surface area (Å²) in [5, 5.41) is 2.91. The predicted molar refractivity (Wildman–Crippen MR) is 86.0 cm³/mol. The molecule has 1 aliphatic rings. The van der Waals surface area contributed by atoms with Crippen LogP contribution >= 0.6 is 0 Å². The number of carbonyl (C=O) groups is 1. The molecule has 2 rings (SSSR count). The largest absolute Gasteiger partial charge is 0.494 e. The number of nitrogens with zero attached hydrogens (tertiary/aromatic N) is 1. The van der Waals surface area contributed by atoms with Crippen molar-refractivity contribution >= 4 is 6.03 Å². The van der Waals surface area contributed by atoms with Gasteiger partial charge in [0.2, 0.25) is 0 Å². The highest BCUT2D eigenvalue weighted by molar-refractivity contribution is 5.74. The zero-order valence-electron chi connectivity index (χ0n) is 14.1. The van der Waals surface area contributed by atoms with E-state index in [1.807, 2.05) is 6.92 Å². The van der Waals surface area contributed by atoms with Gasteiger partial charge in [0, 0.05) is 20.2 Å². The maximum atomic E-state index is 13.8. The third-order valence-electron chi connectivity index (χ3n) is 4.50. The molecule has 0 aromatic heterocycles. The summed E-state index contributed by atoms with van der Waals surface area (Å²) in [4.78, 5) is 14.2. The first-order valence-electron chi connectivity index (χ1n) is 7.88. The number of hydrogen-bond acceptors (Lipinski definition) is 3. The zero-order valence-corrected chi connectivity index (χ0v) is 14.1. The van der Waals surface area contributed by atoms with Gasteiger partial charge >= 0.3 is 6.03 Å². The number of halogens is 1. The number of rotatable bonds is 4. The van der Waals surface area contributed by atoms with Crippen molar-refractivity contribution in [2.24, 2.45) is 5.92 Å². The van der Waals surface area contributed by atoms with Crippen LogP contribution in [0.5, 0.6) is 5.75 Å². The van der Waals surface area contributed by atoms with Crippen molar-refractivity contribution in [3.8, 4) is 5.75 Å². The summed E-state index contributed by atoms with van der Waals surface area (Å²) in [5.41, 5.74) is 0.699. The molecule has 128 valence electrons. The van der Waals surface area contributed by atoms with Crippen molar-refractivity contribution in [2.75, 3.05) is 27.3 Å². The highest BCUT2D eigenvalue weighted by Gasteiger charge is 2.29.